The lowest BCUT2D eigenvalue weighted by molar-refractivity contribution is 0.00346. The van der Waals surface area contributed by atoms with Crippen LogP contribution in [0.2, 0.25) is 0 Å². The lowest BCUT2D eigenvalue weighted by atomic mass is 10.1. The van der Waals surface area contributed by atoms with Crippen molar-refractivity contribution in [2.45, 2.75) is 6.54 Å². The topological polar surface area (TPSA) is 67.8 Å². The first-order valence-electron chi connectivity index (χ1n) is 4.90. The standard InChI is InChI=1S/C11H15NO4/c1-15-6-7-16-12-8-9-2-4-10(5-3-9)11(13)14/h2-5,12H,6-8H2,1H3,(H,13,14). The molecular formula is C11H15NO4. The molecule has 88 valence electrons. The molecule has 0 aliphatic carbocycles. The zero-order valence-corrected chi connectivity index (χ0v) is 9.10. The van der Waals surface area contributed by atoms with Crippen LogP contribution in [0.25, 0.3) is 0 Å². The van der Waals surface area contributed by atoms with Gasteiger partial charge in [-0.15, -0.1) is 0 Å². The third kappa shape index (κ3) is 4.39. The molecule has 0 amide bonds. The van der Waals surface area contributed by atoms with E-state index in [2.05, 4.69) is 5.48 Å². The number of ether oxygens (including phenoxy) is 1. The molecule has 0 saturated heterocycles. The zero-order valence-electron chi connectivity index (χ0n) is 9.10. The Hall–Kier alpha value is -1.43. The van der Waals surface area contributed by atoms with Crippen molar-refractivity contribution in [2.75, 3.05) is 20.3 Å². The highest BCUT2D eigenvalue weighted by molar-refractivity contribution is 5.87. The number of hydrogen-bond acceptors (Lipinski definition) is 4. The minimum Gasteiger partial charge on any atom is -0.478 e. The van der Waals surface area contributed by atoms with Crippen LogP contribution in [0.3, 0.4) is 0 Å². The van der Waals surface area contributed by atoms with Gasteiger partial charge in [0.05, 0.1) is 18.8 Å². The number of hydrogen-bond donors (Lipinski definition) is 2. The van der Waals surface area contributed by atoms with E-state index in [0.29, 0.717) is 19.8 Å². The molecule has 1 rings (SSSR count). The fourth-order valence-electron chi connectivity index (χ4n) is 1.10. The lowest BCUT2D eigenvalue weighted by Gasteiger charge is -2.05. The second kappa shape index (κ2) is 6.95. The quantitative estimate of drug-likeness (QED) is 0.536. The van der Waals surface area contributed by atoms with E-state index < -0.39 is 5.97 Å². The predicted octanol–water partition coefficient (Wildman–Crippen LogP) is 1.05. The molecule has 0 saturated carbocycles. The van der Waals surface area contributed by atoms with E-state index in [9.17, 15) is 4.79 Å². The Bertz CT molecular complexity index is 323. The summed E-state index contributed by atoms with van der Waals surface area (Å²) in [5.41, 5.74) is 4.00. The molecule has 0 radical (unpaired) electrons. The van der Waals surface area contributed by atoms with Gasteiger partial charge in [0.1, 0.15) is 0 Å². The van der Waals surface area contributed by atoms with Gasteiger partial charge in [-0.1, -0.05) is 12.1 Å². The molecule has 0 bridgehead atoms. The van der Waals surface area contributed by atoms with Crippen LogP contribution < -0.4 is 5.48 Å². The summed E-state index contributed by atoms with van der Waals surface area (Å²) in [5, 5.41) is 8.69. The number of hydroxylamine groups is 1. The highest BCUT2D eigenvalue weighted by Gasteiger charge is 2.01. The summed E-state index contributed by atoms with van der Waals surface area (Å²) < 4.78 is 4.81. The first-order valence-corrected chi connectivity index (χ1v) is 4.90. The Balaban J connectivity index is 2.29. The highest BCUT2D eigenvalue weighted by Crippen LogP contribution is 2.03. The molecule has 16 heavy (non-hydrogen) atoms. The van der Waals surface area contributed by atoms with E-state index in [1.165, 1.54) is 0 Å². The van der Waals surface area contributed by atoms with E-state index in [1.54, 1.807) is 31.4 Å². The molecule has 0 fully saturated rings. The van der Waals surface area contributed by atoms with Crippen molar-refractivity contribution in [2.24, 2.45) is 0 Å². The van der Waals surface area contributed by atoms with Gasteiger partial charge in [0, 0.05) is 13.7 Å². The van der Waals surface area contributed by atoms with Crippen molar-refractivity contribution in [1.82, 2.24) is 5.48 Å². The van der Waals surface area contributed by atoms with Crippen molar-refractivity contribution in [3.8, 4) is 0 Å². The molecule has 0 spiro atoms. The highest BCUT2D eigenvalue weighted by atomic mass is 16.7. The zero-order chi connectivity index (χ0) is 11.8. The molecule has 0 aliphatic heterocycles. The molecule has 0 atom stereocenters. The third-order valence-corrected chi connectivity index (χ3v) is 1.97. The van der Waals surface area contributed by atoms with Crippen LogP contribution in [-0.2, 0) is 16.1 Å². The number of benzene rings is 1. The predicted molar refractivity (Wildman–Crippen MR) is 58.1 cm³/mol. The summed E-state index contributed by atoms with van der Waals surface area (Å²) in [5.74, 6) is -0.921. The van der Waals surface area contributed by atoms with Gasteiger partial charge in [0.2, 0.25) is 0 Å². The minimum atomic E-state index is -0.921. The molecule has 0 aliphatic rings. The Morgan fingerprint density at radius 3 is 2.56 bits per heavy atom. The fourth-order valence-corrected chi connectivity index (χ4v) is 1.10. The van der Waals surface area contributed by atoms with Gasteiger partial charge in [-0.3, -0.25) is 4.84 Å². The summed E-state index contributed by atoms with van der Waals surface area (Å²) in [6, 6.07) is 6.62. The van der Waals surface area contributed by atoms with Crippen LogP contribution in [-0.4, -0.2) is 31.4 Å². The van der Waals surface area contributed by atoms with Crippen molar-refractivity contribution in [3.05, 3.63) is 35.4 Å². The van der Waals surface area contributed by atoms with E-state index in [-0.39, 0.29) is 5.56 Å². The van der Waals surface area contributed by atoms with Gasteiger partial charge in [-0.2, -0.15) is 5.48 Å². The van der Waals surface area contributed by atoms with Gasteiger partial charge < -0.3 is 9.84 Å². The molecule has 0 unspecified atom stereocenters. The van der Waals surface area contributed by atoms with Crippen LogP contribution in [0, 0.1) is 0 Å². The van der Waals surface area contributed by atoms with Gasteiger partial charge in [0.15, 0.2) is 0 Å². The van der Waals surface area contributed by atoms with Crippen molar-refractivity contribution in [1.29, 1.82) is 0 Å². The third-order valence-electron chi connectivity index (χ3n) is 1.97. The minimum absolute atomic E-state index is 0.282. The lowest BCUT2D eigenvalue weighted by Crippen LogP contribution is -2.17. The number of nitrogens with one attached hydrogen (secondary N) is 1. The Labute approximate surface area is 93.9 Å². The summed E-state index contributed by atoms with van der Waals surface area (Å²) in [4.78, 5) is 15.7. The molecule has 1 aromatic carbocycles. The Morgan fingerprint density at radius 1 is 1.31 bits per heavy atom. The van der Waals surface area contributed by atoms with Crippen LogP contribution in [0.5, 0.6) is 0 Å². The van der Waals surface area contributed by atoms with Crippen LogP contribution in [0.4, 0.5) is 0 Å². The van der Waals surface area contributed by atoms with Crippen LogP contribution in [0.1, 0.15) is 15.9 Å². The van der Waals surface area contributed by atoms with Gasteiger partial charge in [0.25, 0.3) is 0 Å². The number of methoxy groups -OCH3 is 1. The first-order chi connectivity index (χ1) is 7.74. The normalized spacial score (nSPS) is 10.3. The summed E-state index contributed by atoms with van der Waals surface area (Å²) in [7, 11) is 1.61. The van der Waals surface area contributed by atoms with Gasteiger partial charge >= 0.3 is 5.97 Å². The first kappa shape index (κ1) is 12.6. The summed E-state index contributed by atoms with van der Waals surface area (Å²) in [6.07, 6.45) is 0. The van der Waals surface area contributed by atoms with E-state index in [0.717, 1.165) is 5.56 Å². The number of rotatable bonds is 7. The van der Waals surface area contributed by atoms with Crippen molar-refractivity contribution < 1.29 is 19.5 Å². The average molecular weight is 225 g/mol. The monoisotopic (exact) mass is 225 g/mol. The molecule has 1 aromatic rings. The van der Waals surface area contributed by atoms with E-state index in [1.807, 2.05) is 0 Å². The maximum atomic E-state index is 10.6. The molecule has 0 heterocycles. The molecule has 0 aromatic heterocycles. The fraction of sp³-hybridized carbons (Fsp3) is 0.364. The van der Waals surface area contributed by atoms with Crippen molar-refractivity contribution >= 4 is 5.97 Å². The maximum Gasteiger partial charge on any atom is 0.335 e. The SMILES string of the molecule is COCCONCc1ccc(C(=O)O)cc1. The smallest absolute Gasteiger partial charge is 0.335 e. The number of carboxylic acid groups (broad SMARTS) is 1. The summed E-state index contributed by atoms with van der Waals surface area (Å²) >= 11 is 0. The molecule has 5 nitrogen and oxygen atoms in total. The summed E-state index contributed by atoms with van der Waals surface area (Å²) in [6.45, 7) is 1.54. The van der Waals surface area contributed by atoms with E-state index >= 15 is 0 Å². The Morgan fingerprint density at radius 2 is 2.00 bits per heavy atom. The van der Waals surface area contributed by atoms with Gasteiger partial charge in [-0.05, 0) is 17.7 Å². The number of carboxylic acids is 1. The molecular weight excluding hydrogens is 210 g/mol. The van der Waals surface area contributed by atoms with Crippen LogP contribution in [0.15, 0.2) is 24.3 Å². The van der Waals surface area contributed by atoms with Crippen LogP contribution >= 0.6 is 0 Å². The van der Waals surface area contributed by atoms with Gasteiger partial charge in [-0.25, -0.2) is 4.79 Å². The maximum absolute atomic E-state index is 10.6. The second-order valence-electron chi connectivity index (χ2n) is 3.16. The number of carbonyl (C=O) groups is 1. The largest absolute Gasteiger partial charge is 0.478 e. The van der Waals surface area contributed by atoms with E-state index in [4.69, 9.17) is 14.7 Å². The Kier molecular flexibility index (Phi) is 5.49. The second-order valence-corrected chi connectivity index (χ2v) is 3.16. The number of aromatic carboxylic acids is 1. The average Bonchev–Trinajstić information content (AvgIpc) is 2.29. The molecule has 5 heteroatoms. The van der Waals surface area contributed by atoms with Crippen molar-refractivity contribution in [3.63, 3.8) is 0 Å². The molecule has 2 N–H and O–H groups in total.